The van der Waals surface area contributed by atoms with Gasteiger partial charge in [0.25, 0.3) is 0 Å². The Balaban J connectivity index is 2.96. The molecule has 3 N–H and O–H groups in total. The highest BCUT2D eigenvalue weighted by Gasteiger charge is 2.21. The molecule has 1 aromatic heterocycles. The van der Waals surface area contributed by atoms with E-state index in [1.165, 1.54) is 16.2 Å². The van der Waals surface area contributed by atoms with Crippen LogP contribution in [0.5, 0.6) is 0 Å². The standard InChI is InChI=1S/C12H18N2O4S/c1-4-14(5-6-15)12(18)13-10-9(11(16)17)7(2)8(3)19-10/h15H,4-6H2,1-3H3,(H,13,18)(H,16,17). The molecule has 1 aromatic rings. The van der Waals surface area contributed by atoms with Crippen molar-refractivity contribution >= 4 is 28.3 Å². The van der Waals surface area contributed by atoms with E-state index in [9.17, 15) is 14.7 Å². The SMILES string of the molecule is CCN(CCO)C(=O)Nc1sc(C)c(C)c1C(=O)O. The van der Waals surface area contributed by atoms with Gasteiger partial charge in [-0.05, 0) is 26.3 Å². The Bertz CT molecular complexity index is 484. The lowest BCUT2D eigenvalue weighted by molar-refractivity contribution is 0.0697. The summed E-state index contributed by atoms with van der Waals surface area (Å²) in [5, 5.41) is 21.0. The number of urea groups is 1. The summed E-state index contributed by atoms with van der Waals surface area (Å²) >= 11 is 1.24. The minimum atomic E-state index is -1.05. The van der Waals surface area contributed by atoms with Crippen molar-refractivity contribution in [3.63, 3.8) is 0 Å². The third-order valence-electron chi connectivity index (χ3n) is 2.86. The number of aliphatic hydroxyl groups excluding tert-OH is 1. The van der Waals surface area contributed by atoms with Crippen molar-refractivity contribution in [2.45, 2.75) is 20.8 Å². The Morgan fingerprint density at radius 2 is 2.00 bits per heavy atom. The maximum Gasteiger partial charge on any atom is 0.338 e. The zero-order valence-electron chi connectivity index (χ0n) is 11.2. The van der Waals surface area contributed by atoms with Crippen LogP contribution in [-0.4, -0.2) is 46.8 Å². The van der Waals surface area contributed by atoms with Gasteiger partial charge in [-0.2, -0.15) is 0 Å². The second kappa shape index (κ2) is 6.53. The normalized spacial score (nSPS) is 10.3. The minimum absolute atomic E-state index is 0.129. The number of nitrogens with one attached hydrogen (secondary N) is 1. The number of hydrogen-bond donors (Lipinski definition) is 3. The highest BCUT2D eigenvalue weighted by Crippen LogP contribution is 2.32. The second-order valence-electron chi connectivity index (χ2n) is 4.03. The Hall–Kier alpha value is -1.60. The molecular weight excluding hydrogens is 268 g/mol. The molecule has 0 saturated carbocycles. The van der Waals surface area contributed by atoms with Crippen LogP contribution in [0.2, 0.25) is 0 Å². The van der Waals surface area contributed by atoms with Crippen LogP contribution in [0.15, 0.2) is 0 Å². The summed E-state index contributed by atoms with van der Waals surface area (Å²) in [6.07, 6.45) is 0. The van der Waals surface area contributed by atoms with Gasteiger partial charge in [0.1, 0.15) is 5.00 Å². The van der Waals surface area contributed by atoms with E-state index in [1.54, 1.807) is 13.8 Å². The number of carboxylic acids is 1. The fraction of sp³-hybridized carbons (Fsp3) is 0.500. The van der Waals surface area contributed by atoms with Crippen LogP contribution in [0.3, 0.4) is 0 Å². The van der Waals surface area contributed by atoms with Gasteiger partial charge in [-0.25, -0.2) is 9.59 Å². The summed E-state index contributed by atoms with van der Waals surface area (Å²) < 4.78 is 0. The predicted molar refractivity (Wildman–Crippen MR) is 74.1 cm³/mol. The van der Waals surface area contributed by atoms with Crippen LogP contribution >= 0.6 is 11.3 Å². The molecular formula is C12H18N2O4S. The molecule has 0 unspecified atom stereocenters. The quantitative estimate of drug-likeness (QED) is 0.771. The molecule has 0 spiro atoms. The molecule has 0 bridgehead atoms. The van der Waals surface area contributed by atoms with Crippen molar-refractivity contribution in [3.8, 4) is 0 Å². The van der Waals surface area contributed by atoms with Gasteiger partial charge in [-0.1, -0.05) is 0 Å². The Labute approximate surface area is 115 Å². The van der Waals surface area contributed by atoms with E-state index in [0.29, 0.717) is 17.1 Å². The molecule has 0 radical (unpaired) electrons. The van der Waals surface area contributed by atoms with E-state index in [-0.39, 0.29) is 18.7 Å². The average Bonchev–Trinajstić information content (AvgIpc) is 2.61. The Kier molecular flexibility index (Phi) is 5.31. The molecule has 0 saturated heterocycles. The molecule has 0 atom stereocenters. The van der Waals surface area contributed by atoms with E-state index in [1.807, 2.05) is 6.92 Å². The van der Waals surface area contributed by atoms with Gasteiger partial charge in [0.05, 0.1) is 12.2 Å². The van der Waals surface area contributed by atoms with Crippen molar-refractivity contribution < 1.29 is 19.8 Å². The van der Waals surface area contributed by atoms with Gasteiger partial charge >= 0.3 is 12.0 Å². The molecule has 0 aliphatic heterocycles. The topological polar surface area (TPSA) is 89.9 Å². The van der Waals surface area contributed by atoms with E-state index in [4.69, 9.17) is 5.11 Å². The summed E-state index contributed by atoms with van der Waals surface area (Å²) in [5.74, 6) is -1.05. The van der Waals surface area contributed by atoms with Gasteiger partial charge in [0.2, 0.25) is 0 Å². The molecule has 2 amide bonds. The summed E-state index contributed by atoms with van der Waals surface area (Å²) in [4.78, 5) is 25.4. The van der Waals surface area contributed by atoms with Crippen molar-refractivity contribution in [3.05, 3.63) is 16.0 Å². The fourth-order valence-corrected chi connectivity index (χ4v) is 2.71. The van der Waals surface area contributed by atoms with Gasteiger partial charge in [-0.15, -0.1) is 11.3 Å². The third-order valence-corrected chi connectivity index (χ3v) is 3.98. The van der Waals surface area contributed by atoms with E-state index in [0.717, 1.165) is 4.88 Å². The van der Waals surface area contributed by atoms with Gasteiger partial charge in [-0.3, -0.25) is 5.32 Å². The number of carboxylic acid groups (broad SMARTS) is 1. The molecule has 106 valence electrons. The Morgan fingerprint density at radius 1 is 1.37 bits per heavy atom. The number of aromatic carboxylic acids is 1. The van der Waals surface area contributed by atoms with Crippen molar-refractivity contribution in [2.75, 3.05) is 25.0 Å². The van der Waals surface area contributed by atoms with Gasteiger partial charge in [0, 0.05) is 18.0 Å². The number of aliphatic hydroxyl groups is 1. The van der Waals surface area contributed by atoms with Crippen molar-refractivity contribution in [2.24, 2.45) is 0 Å². The summed E-state index contributed by atoms with van der Waals surface area (Å²) in [5.41, 5.74) is 0.800. The molecule has 0 aromatic carbocycles. The molecule has 0 aliphatic carbocycles. The van der Waals surface area contributed by atoms with Crippen LogP contribution in [0, 0.1) is 13.8 Å². The minimum Gasteiger partial charge on any atom is -0.478 e. The van der Waals surface area contributed by atoms with Crippen LogP contribution in [0.4, 0.5) is 9.80 Å². The third kappa shape index (κ3) is 3.45. The number of hydrogen-bond acceptors (Lipinski definition) is 4. The molecule has 0 aliphatic rings. The summed E-state index contributed by atoms with van der Waals surface area (Å²) in [7, 11) is 0. The smallest absolute Gasteiger partial charge is 0.338 e. The first-order chi connectivity index (χ1) is 8.92. The first-order valence-electron chi connectivity index (χ1n) is 5.92. The van der Waals surface area contributed by atoms with Gasteiger partial charge in [0.15, 0.2) is 0 Å². The van der Waals surface area contributed by atoms with Gasteiger partial charge < -0.3 is 15.1 Å². The molecule has 1 rings (SSSR count). The lowest BCUT2D eigenvalue weighted by atomic mass is 10.1. The molecule has 1 heterocycles. The molecule has 19 heavy (non-hydrogen) atoms. The highest BCUT2D eigenvalue weighted by atomic mass is 32.1. The molecule has 7 heteroatoms. The number of nitrogens with zero attached hydrogens (tertiary/aromatic N) is 1. The number of thiophene rings is 1. The van der Waals surface area contributed by atoms with E-state index in [2.05, 4.69) is 5.32 Å². The lowest BCUT2D eigenvalue weighted by Gasteiger charge is -2.19. The zero-order chi connectivity index (χ0) is 14.6. The Morgan fingerprint density at radius 3 is 2.47 bits per heavy atom. The number of rotatable bonds is 5. The molecule has 6 nitrogen and oxygen atoms in total. The number of aryl methyl sites for hydroxylation is 1. The second-order valence-corrected chi connectivity index (χ2v) is 5.25. The van der Waals surface area contributed by atoms with Crippen LogP contribution in [0.25, 0.3) is 0 Å². The number of anilines is 1. The maximum atomic E-state index is 11.9. The zero-order valence-corrected chi connectivity index (χ0v) is 12.0. The van der Waals surface area contributed by atoms with Crippen LogP contribution in [-0.2, 0) is 0 Å². The average molecular weight is 286 g/mol. The summed E-state index contributed by atoms with van der Waals surface area (Å²) in [6, 6.07) is -0.402. The highest BCUT2D eigenvalue weighted by molar-refractivity contribution is 7.16. The van der Waals surface area contributed by atoms with Crippen molar-refractivity contribution in [1.29, 1.82) is 0 Å². The lowest BCUT2D eigenvalue weighted by Crippen LogP contribution is -2.36. The number of likely N-dealkylation sites (N-methyl/N-ethyl adjacent to an activating group) is 1. The van der Waals surface area contributed by atoms with Crippen molar-refractivity contribution in [1.82, 2.24) is 4.90 Å². The van der Waals surface area contributed by atoms with Crippen LogP contribution in [0.1, 0.15) is 27.7 Å². The predicted octanol–water partition coefficient (Wildman–Crippen LogP) is 1.91. The summed E-state index contributed by atoms with van der Waals surface area (Å²) in [6.45, 7) is 5.85. The largest absolute Gasteiger partial charge is 0.478 e. The first-order valence-corrected chi connectivity index (χ1v) is 6.74. The van der Waals surface area contributed by atoms with E-state index < -0.39 is 12.0 Å². The number of amides is 2. The number of carbonyl (C=O) groups is 2. The monoisotopic (exact) mass is 286 g/mol. The van der Waals surface area contributed by atoms with E-state index >= 15 is 0 Å². The number of carbonyl (C=O) groups excluding carboxylic acids is 1. The maximum absolute atomic E-state index is 11.9. The first kappa shape index (κ1) is 15.5. The molecule has 0 fully saturated rings. The fourth-order valence-electron chi connectivity index (χ4n) is 1.67. The van der Waals surface area contributed by atoms with Crippen LogP contribution < -0.4 is 5.32 Å².